The molecule has 1 aromatic heterocycles. The zero-order valence-electron chi connectivity index (χ0n) is 9.65. The third-order valence-electron chi connectivity index (χ3n) is 2.47. The predicted octanol–water partition coefficient (Wildman–Crippen LogP) is 4.30. The minimum atomic E-state index is -0.171. The van der Waals surface area contributed by atoms with Gasteiger partial charge in [0.25, 0.3) is 0 Å². The lowest BCUT2D eigenvalue weighted by atomic mass is 10.2. The molecule has 1 nitrogen and oxygen atoms in total. The molecule has 1 heterocycles. The summed E-state index contributed by atoms with van der Waals surface area (Å²) in [6.07, 6.45) is 1.95. The molecule has 0 aliphatic carbocycles. The molecule has 0 bridgehead atoms. The Hall–Kier alpha value is -2.09. The van der Waals surface area contributed by atoms with Crippen molar-refractivity contribution in [2.75, 3.05) is 0 Å². The quantitative estimate of drug-likeness (QED) is 0.589. The van der Waals surface area contributed by atoms with E-state index >= 15 is 0 Å². The van der Waals surface area contributed by atoms with Gasteiger partial charge in [0.1, 0.15) is 5.82 Å². The maximum absolute atomic E-state index is 12.1. The van der Waals surface area contributed by atoms with E-state index in [1.165, 1.54) is 23.0 Å². The van der Waals surface area contributed by atoms with Crippen LogP contribution in [0.2, 0.25) is 0 Å². The van der Waals surface area contributed by atoms with Crippen LogP contribution in [-0.4, -0.2) is 4.98 Å². The summed E-state index contributed by atoms with van der Waals surface area (Å²) in [5.41, 5.74) is 2.30. The molecule has 0 amide bonds. The molecule has 0 saturated carbocycles. The predicted molar refractivity (Wildman–Crippen MR) is 69.4 cm³/mol. The molecule has 0 unspecified atom stereocenters. The normalized spacial score (nSPS) is 9.76. The van der Waals surface area contributed by atoms with Crippen LogP contribution in [0.15, 0.2) is 60.8 Å². The molecule has 0 saturated heterocycles. The number of fused-ring (bicyclic) bond motifs is 1. The second-order valence-electron chi connectivity index (χ2n) is 3.86. The van der Waals surface area contributed by atoms with Gasteiger partial charge in [-0.2, -0.15) is 0 Å². The molecule has 3 aromatic rings. The van der Waals surface area contributed by atoms with E-state index in [4.69, 9.17) is 0 Å². The highest BCUT2D eigenvalue weighted by Gasteiger charge is 1.86. The Morgan fingerprint density at radius 2 is 1.59 bits per heavy atom. The summed E-state index contributed by atoms with van der Waals surface area (Å²) in [6, 6.07) is 16.7. The van der Waals surface area contributed by atoms with Crippen molar-refractivity contribution in [2.45, 2.75) is 6.92 Å². The third kappa shape index (κ3) is 3.18. The number of aromatic nitrogens is 1. The molecule has 0 aliphatic rings. The summed E-state index contributed by atoms with van der Waals surface area (Å²) < 4.78 is 12.1. The fourth-order valence-electron chi connectivity index (χ4n) is 1.53. The Kier molecular flexibility index (Phi) is 3.55. The maximum Gasteiger partial charge on any atom is 0.123 e. The number of para-hydroxylation sites is 1. The van der Waals surface area contributed by atoms with Gasteiger partial charge in [0.05, 0.1) is 0 Å². The fraction of sp³-hybridized carbons (Fsp3) is 0.0667. The average molecular weight is 227 g/mol. The second-order valence-corrected chi connectivity index (χ2v) is 3.86. The third-order valence-corrected chi connectivity index (χ3v) is 2.47. The van der Waals surface area contributed by atoms with Gasteiger partial charge in [0.15, 0.2) is 0 Å². The average Bonchev–Trinajstić information content (AvgIpc) is 2.82. The fourth-order valence-corrected chi connectivity index (χ4v) is 1.53. The number of nitrogens with one attached hydrogen (secondary N) is 1. The number of halogens is 1. The second kappa shape index (κ2) is 5.30. The molecule has 0 fully saturated rings. The van der Waals surface area contributed by atoms with E-state index in [1.54, 1.807) is 12.1 Å². The highest BCUT2D eigenvalue weighted by Crippen LogP contribution is 2.09. The topological polar surface area (TPSA) is 15.8 Å². The van der Waals surface area contributed by atoms with Gasteiger partial charge < -0.3 is 4.98 Å². The summed E-state index contributed by atoms with van der Waals surface area (Å²) in [7, 11) is 0. The van der Waals surface area contributed by atoms with Crippen LogP contribution in [0, 0.1) is 12.7 Å². The molecule has 2 aromatic carbocycles. The summed E-state index contributed by atoms with van der Waals surface area (Å²) in [5.74, 6) is -0.171. The van der Waals surface area contributed by atoms with E-state index in [9.17, 15) is 4.39 Å². The van der Waals surface area contributed by atoms with Crippen molar-refractivity contribution in [3.8, 4) is 0 Å². The first kappa shape index (κ1) is 11.4. The molecule has 3 rings (SSSR count). The van der Waals surface area contributed by atoms with E-state index in [0.29, 0.717) is 0 Å². The first-order valence-corrected chi connectivity index (χ1v) is 5.50. The number of aromatic amines is 1. The molecule has 0 aliphatic heterocycles. The summed E-state index contributed by atoms with van der Waals surface area (Å²) >= 11 is 0. The van der Waals surface area contributed by atoms with Crippen LogP contribution in [0.3, 0.4) is 0 Å². The van der Waals surface area contributed by atoms with Gasteiger partial charge >= 0.3 is 0 Å². The van der Waals surface area contributed by atoms with Crippen molar-refractivity contribution in [1.29, 1.82) is 0 Å². The minimum absolute atomic E-state index is 0.171. The number of hydrogen-bond donors (Lipinski definition) is 1. The van der Waals surface area contributed by atoms with Gasteiger partial charge in [-0.1, -0.05) is 35.9 Å². The molecule has 1 N–H and O–H groups in total. The van der Waals surface area contributed by atoms with E-state index in [-0.39, 0.29) is 5.82 Å². The lowest BCUT2D eigenvalue weighted by Gasteiger charge is -1.87. The molecule has 17 heavy (non-hydrogen) atoms. The van der Waals surface area contributed by atoms with E-state index in [2.05, 4.69) is 23.2 Å². The number of aryl methyl sites for hydroxylation is 1. The van der Waals surface area contributed by atoms with Crippen molar-refractivity contribution in [1.82, 2.24) is 4.98 Å². The maximum atomic E-state index is 12.1. The molecule has 0 atom stereocenters. The van der Waals surface area contributed by atoms with Gasteiger partial charge in [0.2, 0.25) is 0 Å². The zero-order valence-corrected chi connectivity index (χ0v) is 9.65. The Balaban J connectivity index is 0.000000128. The first-order chi connectivity index (χ1) is 8.25. The summed E-state index contributed by atoms with van der Waals surface area (Å²) in [4.78, 5) is 3.12. The number of hydrogen-bond acceptors (Lipinski definition) is 0. The van der Waals surface area contributed by atoms with Crippen LogP contribution in [0.25, 0.3) is 10.9 Å². The monoisotopic (exact) mass is 227 g/mol. The Bertz CT molecular complexity index is 530. The van der Waals surface area contributed by atoms with Gasteiger partial charge in [-0.05, 0) is 36.6 Å². The summed E-state index contributed by atoms with van der Waals surface area (Å²) in [5, 5.41) is 1.28. The Morgan fingerprint density at radius 1 is 0.882 bits per heavy atom. The lowest BCUT2D eigenvalue weighted by molar-refractivity contribution is 0.627. The van der Waals surface area contributed by atoms with Gasteiger partial charge in [-0.3, -0.25) is 0 Å². The van der Waals surface area contributed by atoms with Crippen LogP contribution < -0.4 is 0 Å². The van der Waals surface area contributed by atoms with Crippen LogP contribution in [0.1, 0.15) is 5.56 Å². The number of rotatable bonds is 0. The van der Waals surface area contributed by atoms with Gasteiger partial charge in [0, 0.05) is 11.7 Å². The number of benzene rings is 2. The lowest BCUT2D eigenvalue weighted by Crippen LogP contribution is -1.71. The molecule has 2 heteroatoms. The molecular weight excluding hydrogens is 213 g/mol. The van der Waals surface area contributed by atoms with Crippen molar-refractivity contribution in [3.63, 3.8) is 0 Å². The molecule has 0 radical (unpaired) electrons. The molecule has 86 valence electrons. The van der Waals surface area contributed by atoms with Gasteiger partial charge in [-0.15, -0.1) is 0 Å². The van der Waals surface area contributed by atoms with Crippen molar-refractivity contribution in [2.24, 2.45) is 0 Å². The highest BCUT2D eigenvalue weighted by atomic mass is 19.1. The highest BCUT2D eigenvalue weighted by molar-refractivity contribution is 5.78. The van der Waals surface area contributed by atoms with Crippen LogP contribution in [0.5, 0.6) is 0 Å². The van der Waals surface area contributed by atoms with E-state index in [1.807, 2.05) is 25.3 Å². The van der Waals surface area contributed by atoms with Crippen molar-refractivity contribution in [3.05, 3.63) is 72.2 Å². The molecule has 0 spiro atoms. The largest absolute Gasteiger partial charge is 0.361 e. The van der Waals surface area contributed by atoms with Crippen molar-refractivity contribution < 1.29 is 4.39 Å². The van der Waals surface area contributed by atoms with Crippen LogP contribution in [0.4, 0.5) is 4.39 Å². The summed E-state index contributed by atoms with van der Waals surface area (Å²) in [6.45, 7) is 1.93. The zero-order chi connectivity index (χ0) is 12.1. The van der Waals surface area contributed by atoms with Crippen LogP contribution >= 0.6 is 0 Å². The first-order valence-electron chi connectivity index (χ1n) is 5.50. The van der Waals surface area contributed by atoms with E-state index in [0.717, 1.165) is 5.56 Å². The SMILES string of the molecule is Cc1ccc(F)cc1.c1ccc2[nH]ccc2c1. The van der Waals surface area contributed by atoms with Gasteiger partial charge in [-0.25, -0.2) is 4.39 Å². The van der Waals surface area contributed by atoms with Crippen LogP contribution in [-0.2, 0) is 0 Å². The standard InChI is InChI=1S/C8H7N.C7H7F/c1-2-4-8-7(3-1)5-6-9-8;1-6-2-4-7(8)5-3-6/h1-6,9H;2-5H,1H3. The van der Waals surface area contributed by atoms with E-state index < -0.39 is 0 Å². The minimum Gasteiger partial charge on any atom is -0.361 e. The number of H-pyrrole nitrogens is 1. The Morgan fingerprint density at radius 3 is 2.24 bits per heavy atom. The smallest absolute Gasteiger partial charge is 0.123 e. The van der Waals surface area contributed by atoms with Crippen molar-refractivity contribution >= 4 is 10.9 Å². The molecular formula is C15H14FN. The Labute approximate surface area is 99.9 Å².